The van der Waals surface area contributed by atoms with E-state index in [1.54, 1.807) is 0 Å². The van der Waals surface area contributed by atoms with Crippen LogP contribution in [0.3, 0.4) is 0 Å². The van der Waals surface area contributed by atoms with Gasteiger partial charge in [-0.3, -0.25) is 0 Å². The summed E-state index contributed by atoms with van der Waals surface area (Å²) < 4.78 is 29.2. The van der Waals surface area contributed by atoms with Crippen LogP contribution in [-0.2, 0) is 10.1 Å². The molecule has 0 radical (unpaired) electrons. The molecule has 0 aromatic rings. The minimum absolute atomic E-state index is 0.701. The van der Waals surface area contributed by atoms with Crippen molar-refractivity contribution in [3.8, 4) is 0 Å². The van der Waals surface area contributed by atoms with Crippen LogP contribution in [0.2, 0.25) is 0 Å². The predicted octanol–water partition coefficient (Wildman–Crippen LogP) is -1.09. The molecule has 0 aliphatic heterocycles. The highest BCUT2D eigenvalue weighted by Crippen LogP contribution is 1.86. The minimum atomic E-state index is -4.22. The molecule has 0 aromatic heterocycles. The maximum Gasteiger partial charge on any atom is 0.0971 e. The van der Waals surface area contributed by atoms with Gasteiger partial charge in [0.25, 0.3) is 0 Å². The van der Waals surface area contributed by atoms with Gasteiger partial charge in [0.2, 0.25) is 0 Å². The first kappa shape index (κ1) is 7.87. The Hall–Kier alpha value is -0.130. The van der Waals surface area contributed by atoms with Crippen LogP contribution in [0.15, 0.2) is 0 Å². The lowest BCUT2D eigenvalue weighted by Gasteiger charge is -2.06. The van der Waals surface area contributed by atoms with Crippen molar-refractivity contribution < 1.29 is 18.1 Å². The van der Waals surface area contributed by atoms with E-state index in [4.69, 9.17) is 5.11 Å². The summed E-state index contributed by atoms with van der Waals surface area (Å²) in [5.74, 6) is -0.701. The molecule has 0 fully saturated rings. The summed E-state index contributed by atoms with van der Waals surface area (Å²) in [6, 6.07) is 0. The second kappa shape index (κ2) is 2.43. The van der Waals surface area contributed by atoms with Gasteiger partial charge < -0.3 is 9.66 Å². The monoisotopic (exact) mass is 139 g/mol. The topological polar surface area (TPSA) is 77.4 Å². The van der Waals surface area contributed by atoms with Crippen LogP contribution < -0.4 is 0 Å². The molecule has 0 saturated carbocycles. The van der Waals surface area contributed by atoms with Gasteiger partial charge in [-0.05, 0) is 6.92 Å². The van der Waals surface area contributed by atoms with Crippen molar-refractivity contribution in [2.45, 2.75) is 13.0 Å². The van der Waals surface area contributed by atoms with Crippen molar-refractivity contribution in [2.75, 3.05) is 5.75 Å². The Labute approximate surface area is 47.9 Å². The minimum Gasteiger partial charge on any atom is -0.748 e. The molecule has 0 heterocycles. The van der Waals surface area contributed by atoms with Gasteiger partial charge in [-0.25, -0.2) is 8.42 Å². The lowest BCUT2D eigenvalue weighted by Crippen LogP contribution is -2.16. The standard InChI is InChI=1S/C3H8O4S/c1-3(4)2-8(5,6)7/h3-4H,2H2,1H3,(H,5,6,7)/p-1. The summed E-state index contributed by atoms with van der Waals surface area (Å²) in [5, 5.41) is 8.31. The van der Waals surface area contributed by atoms with Crippen molar-refractivity contribution in [1.82, 2.24) is 0 Å². The molecule has 0 aliphatic carbocycles. The first-order chi connectivity index (χ1) is 3.42. The van der Waals surface area contributed by atoms with Crippen LogP contribution in [0.1, 0.15) is 6.92 Å². The van der Waals surface area contributed by atoms with E-state index in [1.165, 1.54) is 6.92 Å². The van der Waals surface area contributed by atoms with Crippen LogP contribution in [0.4, 0.5) is 0 Å². The molecule has 50 valence electrons. The number of aliphatic hydroxyl groups excluding tert-OH is 1. The van der Waals surface area contributed by atoms with E-state index in [1.807, 2.05) is 0 Å². The van der Waals surface area contributed by atoms with Crippen molar-refractivity contribution >= 4 is 10.1 Å². The second-order valence-corrected chi connectivity index (χ2v) is 3.02. The third-order valence-electron chi connectivity index (χ3n) is 0.445. The number of hydrogen-bond donors (Lipinski definition) is 1. The maximum absolute atomic E-state index is 9.73. The predicted molar refractivity (Wildman–Crippen MR) is 26.2 cm³/mol. The highest BCUT2D eigenvalue weighted by molar-refractivity contribution is 7.85. The molecule has 1 unspecified atom stereocenters. The maximum atomic E-state index is 9.73. The summed E-state index contributed by atoms with van der Waals surface area (Å²) in [6.45, 7) is 1.25. The summed E-state index contributed by atoms with van der Waals surface area (Å²) >= 11 is 0. The highest BCUT2D eigenvalue weighted by Gasteiger charge is 1.99. The fourth-order valence-corrected chi connectivity index (χ4v) is 0.886. The lowest BCUT2D eigenvalue weighted by atomic mass is 10.5. The quantitative estimate of drug-likeness (QED) is 0.493. The van der Waals surface area contributed by atoms with Crippen LogP contribution in [0, 0.1) is 0 Å². The van der Waals surface area contributed by atoms with Gasteiger partial charge in [0, 0.05) is 0 Å². The molecule has 0 spiro atoms. The van der Waals surface area contributed by atoms with Crippen LogP contribution in [0.25, 0.3) is 0 Å². The van der Waals surface area contributed by atoms with Gasteiger partial charge in [-0.15, -0.1) is 0 Å². The summed E-state index contributed by atoms with van der Waals surface area (Å²) in [7, 11) is -4.22. The zero-order valence-corrected chi connectivity index (χ0v) is 5.18. The van der Waals surface area contributed by atoms with Crippen LogP contribution in [0.5, 0.6) is 0 Å². The molecule has 0 saturated heterocycles. The Morgan fingerprint density at radius 1 is 1.75 bits per heavy atom. The lowest BCUT2D eigenvalue weighted by molar-refractivity contribution is 0.215. The molecule has 0 aromatic carbocycles. The summed E-state index contributed by atoms with van der Waals surface area (Å²) in [6.07, 6.45) is -1.06. The molecule has 0 amide bonds. The molecule has 0 rings (SSSR count). The Bertz CT molecular complexity index is 145. The Morgan fingerprint density at radius 2 is 2.12 bits per heavy atom. The number of aliphatic hydroxyl groups is 1. The van der Waals surface area contributed by atoms with Gasteiger partial charge in [0.15, 0.2) is 0 Å². The molecular formula is C3H7O4S-. The van der Waals surface area contributed by atoms with E-state index in [9.17, 15) is 13.0 Å². The first-order valence-electron chi connectivity index (χ1n) is 2.03. The van der Waals surface area contributed by atoms with Gasteiger partial charge in [0.1, 0.15) is 0 Å². The Balaban J connectivity index is 3.75. The van der Waals surface area contributed by atoms with Gasteiger partial charge >= 0.3 is 0 Å². The summed E-state index contributed by atoms with van der Waals surface area (Å²) in [4.78, 5) is 0. The second-order valence-electron chi connectivity index (χ2n) is 1.57. The Morgan fingerprint density at radius 3 is 2.12 bits per heavy atom. The van der Waals surface area contributed by atoms with Gasteiger partial charge in [-0.1, -0.05) is 0 Å². The van der Waals surface area contributed by atoms with E-state index < -0.39 is 22.0 Å². The molecule has 8 heavy (non-hydrogen) atoms. The van der Waals surface area contributed by atoms with E-state index in [-0.39, 0.29) is 0 Å². The van der Waals surface area contributed by atoms with E-state index in [2.05, 4.69) is 0 Å². The molecule has 4 nitrogen and oxygen atoms in total. The summed E-state index contributed by atoms with van der Waals surface area (Å²) in [5.41, 5.74) is 0. The fourth-order valence-electron chi connectivity index (χ4n) is 0.295. The highest BCUT2D eigenvalue weighted by atomic mass is 32.2. The molecule has 1 atom stereocenters. The number of hydrogen-bond acceptors (Lipinski definition) is 4. The normalized spacial score (nSPS) is 15.9. The van der Waals surface area contributed by atoms with Crippen molar-refractivity contribution in [3.63, 3.8) is 0 Å². The van der Waals surface area contributed by atoms with E-state index in [0.29, 0.717) is 0 Å². The van der Waals surface area contributed by atoms with Crippen molar-refractivity contribution in [1.29, 1.82) is 0 Å². The zero-order chi connectivity index (χ0) is 6.78. The van der Waals surface area contributed by atoms with E-state index in [0.717, 1.165) is 0 Å². The third-order valence-corrected chi connectivity index (χ3v) is 1.34. The van der Waals surface area contributed by atoms with Gasteiger partial charge in [-0.2, -0.15) is 0 Å². The SMILES string of the molecule is CC(O)CS(=O)(=O)[O-]. The average Bonchev–Trinajstić information content (AvgIpc) is 1.21. The molecule has 1 N–H and O–H groups in total. The largest absolute Gasteiger partial charge is 0.748 e. The van der Waals surface area contributed by atoms with Crippen molar-refractivity contribution in [3.05, 3.63) is 0 Å². The van der Waals surface area contributed by atoms with E-state index >= 15 is 0 Å². The number of rotatable bonds is 2. The molecule has 5 heteroatoms. The Kier molecular flexibility index (Phi) is 2.39. The molecule has 0 bridgehead atoms. The van der Waals surface area contributed by atoms with Crippen LogP contribution >= 0.6 is 0 Å². The average molecular weight is 139 g/mol. The van der Waals surface area contributed by atoms with Crippen LogP contribution in [-0.4, -0.2) is 29.9 Å². The van der Waals surface area contributed by atoms with Crippen molar-refractivity contribution in [2.24, 2.45) is 0 Å². The third kappa shape index (κ3) is 5.87. The molecule has 0 aliphatic rings. The van der Waals surface area contributed by atoms with Gasteiger partial charge in [0.05, 0.1) is 22.0 Å². The first-order valence-corrected chi connectivity index (χ1v) is 3.61. The smallest absolute Gasteiger partial charge is 0.0971 e. The zero-order valence-electron chi connectivity index (χ0n) is 4.36. The fraction of sp³-hybridized carbons (Fsp3) is 1.00. The molecular weight excluding hydrogens is 132 g/mol.